The molecule has 0 bridgehead atoms. The van der Waals surface area contributed by atoms with Crippen molar-refractivity contribution in [2.24, 2.45) is 0 Å². The maximum Gasteiger partial charge on any atom is 0.310 e. The molecule has 5 nitrogen and oxygen atoms in total. The van der Waals surface area contributed by atoms with E-state index >= 15 is 0 Å². The molecule has 0 N–H and O–H groups in total. The third-order valence-electron chi connectivity index (χ3n) is 3.06. The Morgan fingerprint density at radius 3 is 2.82 bits per heavy atom. The lowest BCUT2D eigenvalue weighted by Crippen LogP contribution is -2.07. The molecule has 0 aliphatic carbocycles. The Labute approximate surface area is 131 Å². The number of aromatic nitrogens is 2. The normalized spacial score (nSPS) is 10.6. The Bertz CT molecular complexity index is 748. The molecule has 0 amide bonds. The summed E-state index contributed by atoms with van der Waals surface area (Å²) in [5.74, 6) is 0.464. The van der Waals surface area contributed by atoms with Crippen molar-refractivity contribution < 1.29 is 14.1 Å². The molecule has 0 fully saturated rings. The third kappa shape index (κ3) is 3.59. The van der Waals surface area contributed by atoms with Crippen LogP contribution in [0, 0.1) is 6.92 Å². The van der Waals surface area contributed by atoms with Gasteiger partial charge < -0.3 is 9.26 Å². The van der Waals surface area contributed by atoms with Crippen molar-refractivity contribution in [3.8, 4) is 11.4 Å². The topological polar surface area (TPSA) is 65.2 Å². The lowest BCUT2D eigenvalue weighted by molar-refractivity contribution is -0.144. The number of benzene rings is 1. The van der Waals surface area contributed by atoms with E-state index in [1.807, 2.05) is 48.0 Å². The minimum atomic E-state index is -0.312. The predicted octanol–water partition coefficient (Wildman–Crippen LogP) is 3.39. The molecule has 0 unspecified atom stereocenters. The van der Waals surface area contributed by atoms with E-state index in [2.05, 4.69) is 10.1 Å². The second-order valence-electron chi connectivity index (χ2n) is 4.85. The molecule has 1 aromatic carbocycles. The first kappa shape index (κ1) is 14.5. The van der Waals surface area contributed by atoms with Crippen LogP contribution in [0.3, 0.4) is 0 Å². The van der Waals surface area contributed by atoms with Crippen LogP contribution in [0.4, 0.5) is 0 Å². The smallest absolute Gasteiger partial charge is 0.310 e. The van der Waals surface area contributed by atoms with Gasteiger partial charge in [0, 0.05) is 5.56 Å². The summed E-state index contributed by atoms with van der Waals surface area (Å²) in [6, 6.07) is 9.70. The molecular formula is C16H14N2O3S. The second-order valence-corrected chi connectivity index (χ2v) is 5.63. The predicted molar refractivity (Wildman–Crippen MR) is 82.3 cm³/mol. The fraction of sp³-hybridized carbons (Fsp3) is 0.188. The summed E-state index contributed by atoms with van der Waals surface area (Å²) in [5.41, 5.74) is 2.97. The number of carbonyl (C=O) groups excluding carboxylic acids is 1. The molecule has 0 radical (unpaired) electrons. The lowest BCUT2D eigenvalue weighted by Gasteiger charge is -1.99. The Kier molecular flexibility index (Phi) is 4.29. The van der Waals surface area contributed by atoms with Crippen molar-refractivity contribution in [1.82, 2.24) is 10.1 Å². The fourth-order valence-electron chi connectivity index (χ4n) is 1.89. The molecule has 0 saturated carbocycles. The maximum atomic E-state index is 11.7. The standard InChI is InChI=1S/C16H14N2O3S/c1-11-2-4-13(5-3-11)16-17-14(21-18-16)9-20-15(19)8-12-6-7-22-10-12/h2-7,10H,8-9H2,1H3. The number of hydrogen-bond acceptors (Lipinski definition) is 6. The summed E-state index contributed by atoms with van der Waals surface area (Å²) in [4.78, 5) is 15.9. The summed E-state index contributed by atoms with van der Waals surface area (Å²) < 4.78 is 10.2. The van der Waals surface area contributed by atoms with E-state index in [9.17, 15) is 4.79 Å². The summed E-state index contributed by atoms with van der Waals surface area (Å²) in [6.07, 6.45) is 0.252. The van der Waals surface area contributed by atoms with Gasteiger partial charge in [0.05, 0.1) is 6.42 Å². The highest BCUT2D eigenvalue weighted by molar-refractivity contribution is 7.07. The van der Waals surface area contributed by atoms with Gasteiger partial charge in [-0.2, -0.15) is 16.3 Å². The van der Waals surface area contributed by atoms with Crippen molar-refractivity contribution >= 4 is 17.3 Å². The van der Waals surface area contributed by atoms with Gasteiger partial charge >= 0.3 is 5.97 Å². The van der Waals surface area contributed by atoms with Gasteiger partial charge in [-0.05, 0) is 29.3 Å². The van der Waals surface area contributed by atoms with Crippen molar-refractivity contribution in [3.05, 3.63) is 58.1 Å². The zero-order valence-electron chi connectivity index (χ0n) is 12.0. The molecule has 0 saturated heterocycles. The van der Waals surface area contributed by atoms with Gasteiger partial charge in [-0.15, -0.1) is 0 Å². The number of ether oxygens (including phenoxy) is 1. The zero-order valence-corrected chi connectivity index (χ0v) is 12.8. The van der Waals surface area contributed by atoms with Crippen molar-refractivity contribution in [3.63, 3.8) is 0 Å². The quantitative estimate of drug-likeness (QED) is 0.675. The van der Waals surface area contributed by atoms with Crippen LogP contribution in [0.25, 0.3) is 11.4 Å². The van der Waals surface area contributed by atoms with E-state index < -0.39 is 0 Å². The van der Waals surface area contributed by atoms with Crippen LogP contribution in [0.2, 0.25) is 0 Å². The minimum Gasteiger partial charge on any atom is -0.455 e. The molecule has 6 heteroatoms. The summed E-state index contributed by atoms with van der Waals surface area (Å²) >= 11 is 1.55. The van der Waals surface area contributed by atoms with Gasteiger partial charge in [0.15, 0.2) is 6.61 Å². The number of nitrogens with zero attached hydrogens (tertiary/aromatic N) is 2. The number of carbonyl (C=O) groups is 1. The van der Waals surface area contributed by atoms with Gasteiger partial charge in [-0.25, -0.2) is 0 Å². The highest BCUT2D eigenvalue weighted by atomic mass is 32.1. The van der Waals surface area contributed by atoms with Crippen molar-refractivity contribution in [1.29, 1.82) is 0 Å². The van der Waals surface area contributed by atoms with E-state index in [0.29, 0.717) is 5.82 Å². The van der Waals surface area contributed by atoms with Crippen LogP contribution in [-0.2, 0) is 22.6 Å². The average Bonchev–Trinajstić information content (AvgIpc) is 3.17. The second kappa shape index (κ2) is 6.53. The molecule has 112 valence electrons. The lowest BCUT2D eigenvalue weighted by atomic mass is 10.1. The first-order chi connectivity index (χ1) is 10.7. The maximum absolute atomic E-state index is 11.7. The van der Waals surface area contributed by atoms with E-state index in [0.717, 1.165) is 16.7 Å². The molecule has 0 atom stereocenters. The third-order valence-corrected chi connectivity index (χ3v) is 3.80. The van der Waals surface area contributed by atoms with E-state index in [-0.39, 0.29) is 24.9 Å². The molecular weight excluding hydrogens is 300 g/mol. The Morgan fingerprint density at radius 2 is 2.09 bits per heavy atom. The fourth-order valence-corrected chi connectivity index (χ4v) is 2.56. The highest BCUT2D eigenvalue weighted by Crippen LogP contribution is 2.16. The average molecular weight is 314 g/mol. The molecule has 0 aliphatic rings. The van der Waals surface area contributed by atoms with Crippen LogP contribution in [-0.4, -0.2) is 16.1 Å². The largest absolute Gasteiger partial charge is 0.455 e. The molecule has 2 heterocycles. The molecule has 22 heavy (non-hydrogen) atoms. The number of aryl methyl sites for hydroxylation is 1. The van der Waals surface area contributed by atoms with Gasteiger partial charge in [0.2, 0.25) is 5.82 Å². The SMILES string of the molecule is Cc1ccc(-c2noc(COC(=O)Cc3ccsc3)n2)cc1. The number of esters is 1. The monoisotopic (exact) mass is 314 g/mol. The van der Waals surface area contributed by atoms with E-state index in [4.69, 9.17) is 9.26 Å². The van der Waals surface area contributed by atoms with Gasteiger partial charge in [0.25, 0.3) is 5.89 Å². The van der Waals surface area contributed by atoms with Crippen LogP contribution >= 0.6 is 11.3 Å². The number of rotatable bonds is 5. The van der Waals surface area contributed by atoms with Crippen molar-refractivity contribution in [2.75, 3.05) is 0 Å². The van der Waals surface area contributed by atoms with Crippen LogP contribution in [0.5, 0.6) is 0 Å². The minimum absolute atomic E-state index is 0.0121. The summed E-state index contributed by atoms with van der Waals surface area (Å²) in [5, 5.41) is 7.74. The van der Waals surface area contributed by atoms with E-state index in [1.165, 1.54) is 0 Å². The number of thiophene rings is 1. The summed E-state index contributed by atoms with van der Waals surface area (Å²) in [7, 11) is 0. The Hall–Kier alpha value is -2.47. The molecule has 2 aromatic heterocycles. The first-order valence-electron chi connectivity index (χ1n) is 6.77. The molecule has 3 rings (SSSR count). The molecule has 0 spiro atoms. The highest BCUT2D eigenvalue weighted by Gasteiger charge is 2.11. The van der Waals surface area contributed by atoms with Crippen molar-refractivity contribution in [2.45, 2.75) is 20.0 Å². The molecule has 3 aromatic rings. The molecule has 0 aliphatic heterocycles. The summed E-state index contributed by atoms with van der Waals surface area (Å²) in [6.45, 7) is 2.00. The van der Waals surface area contributed by atoms with Gasteiger partial charge in [-0.1, -0.05) is 35.0 Å². The van der Waals surface area contributed by atoms with Gasteiger partial charge in [-0.3, -0.25) is 4.79 Å². The zero-order chi connectivity index (χ0) is 15.4. The van der Waals surface area contributed by atoms with Crippen LogP contribution in [0.15, 0.2) is 45.6 Å². The van der Waals surface area contributed by atoms with Gasteiger partial charge in [0.1, 0.15) is 0 Å². The Morgan fingerprint density at radius 1 is 1.27 bits per heavy atom. The van der Waals surface area contributed by atoms with Crippen LogP contribution < -0.4 is 0 Å². The number of hydrogen-bond donors (Lipinski definition) is 0. The van der Waals surface area contributed by atoms with E-state index in [1.54, 1.807) is 11.3 Å². The van der Waals surface area contributed by atoms with Crippen LogP contribution in [0.1, 0.15) is 17.0 Å². The first-order valence-corrected chi connectivity index (χ1v) is 7.71. The Balaban J connectivity index is 1.57.